The molecule has 2 N–H and O–H groups in total. The summed E-state index contributed by atoms with van der Waals surface area (Å²) in [5.41, 5.74) is 10.3. The summed E-state index contributed by atoms with van der Waals surface area (Å²) in [6, 6.07) is 15.5. The van der Waals surface area contributed by atoms with Crippen molar-refractivity contribution in [3.63, 3.8) is 0 Å². The number of hydrogen-bond donors (Lipinski definition) is 1. The van der Waals surface area contributed by atoms with E-state index in [1.54, 1.807) is 24.3 Å². The molecule has 0 spiro atoms. The van der Waals surface area contributed by atoms with Crippen molar-refractivity contribution in [1.82, 2.24) is 0 Å². The highest BCUT2D eigenvalue weighted by Crippen LogP contribution is 2.40. The number of carbonyl (C=O) groups excluding carboxylic acids is 2. The van der Waals surface area contributed by atoms with E-state index in [-0.39, 0.29) is 12.0 Å². The number of rotatable bonds is 6. The van der Waals surface area contributed by atoms with Crippen molar-refractivity contribution in [3.05, 3.63) is 97.5 Å². The molecule has 1 aliphatic heterocycles. The third kappa shape index (κ3) is 6.06. The third-order valence-corrected chi connectivity index (χ3v) is 7.49. The Bertz CT molecular complexity index is 1330. The fourth-order valence-electron chi connectivity index (χ4n) is 4.66. The van der Waals surface area contributed by atoms with Crippen molar-refractivity contribution in [1.29, 1.82) is 0 Å². The number of nitrogens with two attached hydrogens (primary N) is 1. The van der Waals surface area contributed by atoms with Crippen molar-refractivity contribution < 1.29 is 14.3 Å². The van der Waals surface area contributed by atoms with Gasteiger partial charge in [0.25, 0.3) is 0 Å². The Labute approximate surface area is 232 Å². The molecule has 0 saturated carbocycles. The van der Waals surface area contributed by atoms with E-state index in [4.69, 9.17) is 45.3 Å². The van der Waals surface area contributed by atoms with Gasteiger partial charge >= 0.3 is 5.97 Å². The van der Waals surface area contributed by atoms with Crippen molar-refractivity contribution >= 4 is 52.4 Å². The molecular formula is C29H29Cl3N2O3. The molecule has 3 aromatic rings. The number of aryl methyl sites for hydroxylation is 1. The smallest absolute Gasteiger partial charge is 0.340 e. The topological polar surface area (TPSA) is 72.6 Å². The van der Waals surface area contributed by atoms with E-state index in [1.165, 1.54) is 5.56 Å². The van der Waals surface area contributed by atoms with Gasteiger partial charge in [-0.1, -0.05) is 85.9 Å². The molecule has 0 aromatic heterocycles. The molecule has 3 aromatic carbocycles. The molecule has 0 radical (unpaired) electrons. The molecule has 8 heteroatoms. The Morgan fingerprint density at radius 3 is 2.32 bits per heavy atom. The molecule has 0 aliphatic carbocycles. The van der Waals surface area contributed by atoms with Crippen LogP contribution in [0.2, 0.25) is 15.1 Å². The van der Waals surface area contributed by atoms with E-state index < -0.39 is 17.9 Å². The SMILES string of the molecule is CC(C)(C)c1ccc(COC(=O)c2cc(Cl)cc3c2N(C(C(N)=O)c2ccc(Cl)c(Cl)c2)CCC3)cc1. The lowest BCUT2D eigenvalue weighted by atomic mass is 9.87. The quantitative estimate of drug-likeness (QED) is 0.322. The highest BCUT2D eigenvalue weighted by molar-refractivity contribution is 6.42. The molecule has 0 saturated heterocycles. The van der Waals surface area contributed by atoms with E-state index >= 15 is 0 Å². The molecular weight excluding hydrogens is 531 g/mol. The van der Waals surface area contributed by atoms with Crippen molar-refractivity contribution in [2.45, 2.75) is 51.7 Å². The van der Waals surface area contributed by atoms with Crippen LogP contribution in [0.25, 0.3) is 0 Å². The first-order valence-electron chi connectivity index (χ1n) is 12.1. The summed E-state index contributed by atoms with van der Waals surface area (Å²) in [6.45, 7) is 7.06. The lowest BCUT2D eigenvalue weighted by Crippen LogP contribution is -2.41. The Morgan fingerprint density at radius 2 is 1.70 bits per heavy atom. The average molecular weight is 560 g/mol. The molecule has 1 aliphatic rings. The maximum absolute atomic E-state index is 13.4. The number of anilines is 1. The Morgan fingerprint density at radius 1 is 1.00 bits per heavy atom. The van der Waals surface area contributed by atoms with Crippen LogP contribution in [0.4, 0.5) is 5.69 Å². The molecule has 1 heterocycles. The van der Waals surface area contributed by atoms with E-state index in [0.717, 1.165) is 17.5 Å². The highest BCUT2D eigenvalue weighted by atomic mass is 35.5. The van der Waals surface area contributed by atoms with Gasteiger partial charge in [-0.2, -0.15) is 0 Å². The summed E-state index contributed by atoms with van der Waals surface area (Å²) in [7, 11) is 0. The largest absolute Gasteiger partial charge is 0.457 e. The molecule has 5 nitrogen and oxygen atoms in total. The molecule has 0 fully saturated rings. The van der Waals surface area contributed by atoms with Crippen LogP contribution in [0.5, 0.6) is 0 Å². The van der Waals surface area contributed by atoms with Crippen LogP contribution in [-0.2, 0) is 28.0 Å². The number of benzene rings is 3. The second-order valence-corrected chi connectivity index (χ2v) is 11.5. The summed E-state index contributed by atoms with van der Waals surface area (Å²) >= 11 is 18.7. The zero-order chi connectivity index (χ0) is 26.9. The first-order valence-corrected chi connectivity index (χ1v) is 13.2. The van der Waals surface area contributed by atoms with Gasteiger partial charge in [-0.3, -0.25) is 4.79 Å². The van der Waals surface area contributed by atoms with Gasteiger partial charge in [0.1, 0.15) is 12.6 Å². The second-order valence-electron chi connectivity index (χ2n) is 10.3. The number of carbonyl (C=O) groups is 2. The molecule has 1 unspecified atom stereocenters. The van der Waals surface area contributed by atoms with Gasteiger partial charge in [0.15, 0.2) is 0 Å². The Hall–Kier alpha value is -2.73. The van der Waals surface area contributed by atoms with Crippen molar-refractivity contribution in [3.8, 4) is 0 Å². The zero-order valence-corrected chi connectivity index (χ0v) is 23.3. The fourth-order valence-corrected chi connectivity index (χ4v) is 5.21. The van der Waals surface area contributed by atoms with Crippen LogP contribution in [0.15, 0.2) is 54.6 Å². The van der Waals surface area contributed by atoms with E-state index in [9.17, 15) is 9.59 Å². The zero-order valence-electron chi connectivity index (χ0n) is 21.0. The predicted octanol–water partition coefficient (Wildman–Crippen LogP) is 7.28. The second kappa shape index (κ2) is 10.9. The number of hydrogen-bond acceptors (Lipinski definition) is 4. The van der Waals surface area contributed by atoms with Gasteiger partial charge < -0.3 is 15.4 Å². The first kappa shape index (κ1) is 27.3. The number of nitrogens with zero attached hydrogens (tertiary/aromatic N) is 1. The van der Waals surface area contributed by atoms with Crippen LogP contribution in [-0.4, -0.2) is 18.4 Å². The summed E-state index contributed by atoms with van der Waals surface area (Å²) in [6.07, 6.45) is 1.46. The van der Waals surface area contributed by atoms with Crippen LogP contribution >= 0.6 is 34.8 Å². The standard InChI is InChI=1S/C29H29Cl3N2O3/c1-29(2,3)20-9-6-17(7-10-20)16-37-28(36)22-15-21(30)13-18-5-4-12-34(25(18)22)26(27(33)35)19-8-11-23(31)24(32)14-19/h6-11,13-15,26H,4-5,12,16H2,1-3H3,(H2,33,35). The van der Waals surface area contributed by atoms with Gasteiger partial charge in [0.2, 0.25) is 5.91 Å². The van der Waals surface area contributed by atoms with Gasteiger partial charge in [-0.25, -0.2) is 4.79 Å². The first-order chi connectivity index (χ1) is 17.5. The summed E-state index contributed by atoms with van der Waals surface area (Å²) in [4.78, 5) is 27.9. The minimum Gasteiger partial charge on any atom is -0.457 e. The lowest BCUT2D eigenvalue weighted by Gasteiger charge is -2.38. The molecule has 1 atom stereocenters. The van der Waals surface area contributed by atoms with E-state index in [2.05, 4.69) is 20.8 Å². The normalized spacial score (nSPS) is 14.2. The molecule has 37 heavy (non-hydrogen) atoms. The van der Waals surface area contributed by atoms with Crippen LogP contribution < -0.4 is 10.6 Å². The predicted molar refractivity (Wildman–Crippen MR) is 150 cm³/mol. The Kier molecular flexibility index (Phi) is 8.08. The molecule has 194 valence electrons. The van der Waals surface area contributed by atoms with Gasteiger partial charge in [0.05, 0.1) is 21.3 Å². The van der Waals surface area contributed by atoms with Gasteiger partial charge in [-0.15, -0.1) is 0 Å². The maximum Gasteiger partial charge on any atom is 0.340 e. The third-order valence-electron chi connectivity index (χ3n) is 6.54. The molecule has 1 amide bonds. The summed E-state index contributed by atoms with van der Waals surface area (Å²) in [5.74, 6) is -1.10. The van der Waals surface area contributed by atoms with E-state index in [1.807, 2.05) is 35.2 Å². The van der Waals surface area contributed by atoms with E-state index in [0.29, 0.717) is 44.8 Å². The lowest BCUT2D eigenvalue weighted by molar-refractivity contribution is -0.119. The van der Waals surface area contributed by atoms with Crippen LogP contribution in [0.3, 0.4) is 0 Å². The number of halogens is 3. The number of primary amides is 1. The fraction of sp³-hybridized carbons (Fsp3) is 0.310. The number of amides is 1. The number of fused-ring (bicyclic) bond motifs is 1. The minimum atomic E-state index is -0.855. The van der Waals surface area contributed by atoms with Gasteiger partial charge in [0, 0.05) is 11.6 Å². The van der Waals surface area contributed by atoms with Crippen molar-refractivity contribution in [2.24, 2.45) is 5.73 Å². The van der Waals surface area contributed by atoms with Gasteiger partial charge in [-0.05, 0) is 64.8 Å². The Balaban J connectivity index is 1.67. The molecule has 0 bridgehead atoms. The summed E-state index contributed by atoms with van der Waals surface area (Å²) < 4.78 is 5.71. The average Bonchev–Trinajstić information content (AvgIpc) is 2.83. The minimum absolute atomic E-state index is 0.0315. The maximum atomic E-state index is 13.4. The summed E-state index contributed by atoms with van der Waals surface area (Å²) in [5, 5.41) is 1.11. The monoisotopic (exact) mass is 558 g/mol. The number of ether oxygens (including phenoxy) is 1. The van der Waals surface area contributed by atoms with Crippen molar-refractivity contribution in [2.75, 3.05) is 11.4 Å². The van der Waals surface area contributed by atoms with Crippen LogP contribution in [0, 0.1) is 0 Å². The number of esters is 1. The van der Waals surface area contributed by atoms with Crippen LogP contribution in [0.1, 0.15) is 65.8 Å². The highest BCUT2D eigenvalue weighted by Gasteiger charge is 2.34. The molecule has 4 rings (SSSR count).